The van der Waals surface area contributed by atoms with E-state index in [1.807, 2.05) is 18.9 Å². The molecule has 3 N–H and O–H groups in total. The molecule has 0 aliphatic heterocycles. The number of fused-ring (bicyclic) bond motifs is 1. The van der Waals surface area contributed by atoms with Crippen LogP contribution in [0.15, 0.2) is 34.0 Å². The van der Waals surface area contributed by atoms with Crippen LogP contribution in [0.3, 0.4) is 0 Å². The number of benzene rings is 1. The topological polar surface area (TPSA) is 110 Å². The SMILES string of the molecule is CCC(N)CCN(C)c1ncc2c(=O)[nH]c(=O)n(-c3ccc(F)cc3P)c2n1. The number of hydrogen-bond donors (Lipinski definition) is 2. The van der Waals surface area contributed by atoms with Crippen molar-refractivity contribution in [1.29, 1.82) is 0 Å². The standard InChI is InChI=1S/C18H22FN6O2P/c1-3-11(20)6-7-24(2)17-21-9-12-15(22-17)25(18(27)23-16(12)26)13-5-4-10(19)8-14(13)28/h4-5,8-9,11H,3,6-7,20,28H2,1-2H3,(H,23,26,27). The first-order valence-corrected chi connectivity index (χ1v) is 9.43. The van der Waals surface area contributed by atoms with Crippen LogP contribution >= 0.6 is 9.24 Å². The van der Waals surface area contributed by atoms with Crippen LogP contribution in [0, 0.1) is 5.82 Å². The van der Waals surface area contributed by atoms with Crippen molar-refractivity contribution < 1.29 is 4.39 Å². The van der Waals surface area contributed by atoms with Crippen molar-refractivity contribution in [2.75, 3.05) is 18.5 Å². The largest absolute Gasteiger partial charge is 0.344 e. The summed E-state index contributed by atoms with van der Waals surface area (Å²) in [6, 6.07) is 4.06. The molecule has 10 heteroatoms. The summed E-state index contributed by atoms with van der Waals surface area (Å²) in [6.07, 6.45) is 3.00. The highest BCUT2D eigenvalue weighted by Gasteiger charge is 2.16. The van der Waals surface area contributed by atoms with Crippen molar-refractivity contribution in [3.05, 3.63) is 51.1 Å². The molecule has 0 aliphatic carbocycles. The van der Waals surface area contributed by atoms with Gasteiger partial charge in [-0.3, -0.25) is 9.78 Å². The second kappa shape index (κ2) is 8.16. The third-order valence-corrected chi connectivity index (χ3v) is 5.03. The third-order valence-electron chi connectivity index (χ3n) is 4.57. The lowest BCUT2D eigenvalue weighted by Crippen LogP contribution is -2.33. The smallest absolute Gasteiger partial charge is 0.334 e. The first-order chi connectivity index (χ1) is 13.3. The Morgan fingerprint density at radius 2 is 2.14 bits per heavy atom. The lowest BCUT2D eigenvalue weighted by atomic mass is 10.2. The van der Waals surface area contributed by atoms with E-state index in [-0.39, 0.29) is 17.1 Å². The van der Waals surface area contributed by atoms with Gasteiger partial charge in [-0.05, 0) is 36.3 Å². The van der Waals surface area contributed by atoms with Gasteiger partial charge in [-0.1, -0.05) is 6.92 Å². The Bertz CT molecular complexity index is 1130. The summed E-state index contributed by atoms with van der Waals surface area (Å²) < 4.78 is 14.7. The molecule has 2 atom stereocenters. The van der Waals surface area contributed by atoms with E-state index < -0.39 is 17.1 Å². The molecule has 28 heavy (non-hydrogen) atoms. The van der Waals surface area contributed by atoms with Gasteiger partial charge in [0.2, 0.25) is 5.95 Å². The van der Waals surface area contributed by atoms with E-state index in [2.05, 4.69) is 24.2 Å². The Balaban J connectivity index is 2.16. The zero-order valence-corrected chi connectivity index (χ0v) is 16.8. The summed E-state index contributed by atoms with van der Waals surface area (Å²) in [5.74, 6) is -0.0696. The predicted octanol–water partition coefficient (Wildman–Crippen LogP) is 0.672. The third kappa shape index (κ3) is 3.95. The predicted molar refractivity (Wildman–Crippen MR) is 111 cm³/mol. The zero-order valence-electron chi connectivity index (χ0n) is 15.6. The maximum atomic E-state index is 13.5. The molecule has 148 valence electrons. The van der Waals surface area contributed by atoms with Gasteiger partial charge in [0.05, 0.1) is 5.69 Å². The summed E-state index contributed by atoms with van der Waals surface area (Å²) in [6.45, 7) is 2.64. The molecule has 0 spiro atoms. The molecule has 3 aromatic rings. The minimum Gasteiger partial charge on any atom is -0.344 e. The molecule has 2 aromatic heterocycles. The number of nitrogens with zero attached hydrogens (tertiary/aromatic N) is 4. The van der Waals surface area contributed by atoms with Crippen LogP contribution in [0.5, 0.6) is 0 Å². The van der Waals surface area contributed by atoms with Gasteiger partial charge >= 0.3 is 5.69 Å². The van der Waals surface area contributed by atoms with Crippen LogP contribution in [0.4, 0.5) is 10.3 Å². The second-order valence-electron chi connectivity index (χ2n) is 6.58. The molecule has 0 radical (unpaired) electrons. The van der Waals surface area contributed by atoms with Gasteiger partial charge in [0.25, 0.3) is 5.56 Å². The van der Waals surface area contributed by atoms with E-state index in [0.29, 0.717) is 23.5 Å². The summed E-state index contributed by atoms with van der Waals surface area (Å²) in [4.78, 5) is 37.5. The summed E-state index contributed by atoms with van der Waals surface area (Å²) in [5, 5.41) is 0.619. The second-order valence-corrected chi connectivity index (χ2v) is 7.21. The number of halogens is 1. The fourth-order valence-corrected chi connectivity index (χ4v) is 3.20. The molecule has 8 nitrogen and oxygen atoms in total. The molecule has 0 fully saturated rings. The fraction of sp³-hybridized carbons (Fsp3) is 0.333. The van der Waals surface area contributed by atoms with E-state index in [9.17, 15) is 14.0 Å². The Labute approximate surface area is 162 Å². The lowest BCUT2D eigenvalue weighted by Gasteiger charge is -2.19. The summed E-state index contributed by atoms with van der Waals surface area (Å²) >= 11 is 0. The van der Waals surface area contributed by atoms with Crippen LogP contribution in [0.1, 0.15) is 19.8 Å². The Morgan fingerprint density at radius 1 is 1.39 bits per heavy atom. The molecule has 2 unspecified atom stereocenters. The average molecular weight is 404 g/mol. The quantitative estimate of drug-likeness (QED) is 0.585. The first-order valence-electron chi connectivity index (χ1n) is 8.86. The van der Waals surface area contributed by atoms with Gasteiger partial charge in [-0.15, -0.1) is 9.24 Å². The van der Waals surface area contributed by atoms with E-state index >= 15 is 0 Å². The molecule has 0 aliphatic rings. The van der Waals surface area contributed by atoms with Crippen LogP contribution in [0.2, 0.25) is 0 Å². The number of rotatable bonds is 6. The van der Waals surface area contributed by atoms with E-state index in [1.54, 1.807) is 0 Å². The average Bonchev–Trinajstić information content (AvgIpc) is 2.66. The van der Waals surface area contributed by atoms with Crippen LogP contribution in [0.25, 0.3) is 16.7 Å². The van der Waals surface area contributed by atoms with E-state index in [0.717, 1.165) is 12.8 Å². The first kappa shape index (κ1) is 20.1. The lowest BCUT2D eigenvalue weighted by molar-refractivity contribution is 0.591. The van der Waals surface area contributed by atoms with Gasteiger partial charge in [0, 0.05) is 25.8 Å². The van der Waals surface area contributed by atoms with Crippen LogP contribution < -0.4 is 27.2 Å². The molecule has 2 heterocycles. The highest BCUT2D eigenvalue weighted by Crippen LogP contribution is 2.15. The molecule has 3 rings (SSSR count). The minimum absolute atomic E-state index is 0.0721. The highest BCUT2D eigenvalue weighted by molar-refractivity contribution is 7.27. The van der Waals surface area contributed by atoms with Crippen LogP contribution in [-0.2, 0) is 0 Å². The van der Waals surface area contributed by atoms with Gasteiger partial charge < -0.3 is 10.6 Å². The van der Waals surface area contributed by atoms with Crippen molar-refractivity contribution >= 4 is 31.5 Å². The van der Waals surface area contributed by atoms with Crippen molar-refractivity contribution in [3.63, 3.8) is 0 Å². The maximum Gasteiger partial charge on any atom is 0.334 e. The number of hydrogen-bond acceptors (Lipinski definition) is 6. The number of H-pyrrole nitrogens is 1. The molecule has 1 aromatic carbocycles. The van der Waals surface area contributed by atoms with E-state index in [1.165, 1.54) is 29.0 Å². The Kier molecular flexibility index (Phi) is 5.86. The normalized spacial score (nSPS) is 12.3. The van der Waals surface area contributed by atoms with Gasteiger partial charge in [-0.25, -0.2) is 18.7 Å². The van der Waals surface area contributed by atoms with Crippen molar-refractivity contribution in [1.82, 2.24) is 19.5 Å². The molecule has 0 bridgehead atoms. The van der Waals surface area contributed by atoms with Crippen LogP contribution in [-0.4, -0.2) is 39.2 Å². The molecular formula is C18H22FN6O2P. The number of nitrogens with two attached hydrogens (primary N) is 1. The number of anilines is 1. The highest BCUT2D eigenvalue weighted by atomic mass is 31.0. The van der Waals surface area contributed by atoms with Crippen molar-refractivity contribution in [2.24, 2.45) is 5.73 Å². The fourth-order valence-electron chi connectivity index (χ4n) is 2.81. The minimum atomic E-state index is -0.659. The van der Waals surface area contributed by atoms with E-state index in [4.69, 9.17) is 5.73 Å². The van der Waals surface area contributed by atoms with Crippen molar-refractivity contribution in [3.8, 4) is 5.69 Å². The molecule has 0 amide bonds. The summed E-state index contributed by atoms with van der Waals surface area (Å²) in [5.41, 5.74) is 5.28. The van der Waals surface area contributed by atoms with Gasteiger partial charge in [0.15, 0.2) is 5.65 Å². The van der Waals surface area contributed by atoms with Crippen molar-refractivity contribution in [2.45, 2.75) is 25.8 Å². The number of aromatic amines is 1. The maximum absolute atomic E-state index is 13.5. The molecular weight excluding hydrogens is 382 g/mol. The number of aromatic nitrogens is 4. The summed E-state index contributed by atoms with van der Waals surface area (Å²) in [7, 11) is 4.20. The number of nitrogens with one attached hydrogen (secondary N) is 1. The Morgan fingerprint density at radius 3 is 2.82 bits per heavy atom. The zero-order chi connectivity index (χ0) is 20.4. The Hall–Kier alpha value is -2.64. The monoisotopic (exact) mass is 404 g/mol. The molecule has 0 saturated carbocycles. The van der Waals surface area contributed by atoms with Gasteiger partial charge in [0.1, 0.15) is 11.2 Å². The van der Waals surface area contributed by atoms with Gasteiger partial charge in [-0.2, -0.15) is 4.98 Å². The molecule has 0 saturated heterocycles.